The molecule has 0 unspecified atom stereocenters. The van der Waals surface area contributed by atoms with E-state index in [9.17, 15) is 14.7 Å². The second-order valence-corrected chi connectivity index (χ2v) is 11.2. The quantitative estimate of drug-likeness (QED) is 0.489. The minimum atomic E-state index is -2.06. The second kappa shape index (κ2) is 6.37. The maximum atomic E-state index is 12.1. The third kappa shape index (κ3) is 4.49. The van der Waals surface area contributed by atoms with E-state index < -0.39 is 20.0 Å². The Morgan fingerprint density at radius 3 is 2.05 bits per heavy atom. The van der Waals surface area contributed by atoms with Gasteiger partial charge in [-0.3, -0.25) is 0 Å². The zero-order valence-electron chi connectivity index (χ0n) is 12.3. The van der Waals surface area contributed by atoms with Crippen molar-refractivity contribution in [1.29, 1.82) is 0 Å². The highest BCUT2D eigenvalue weighted by Gasteiger charge is 2.31. The Hall–Kier alpha value is -1.10. The van der Waals surface area contributed by atoms with Crippen LogP contribution < -0.4 is 0 Å². The summed E-state index contributed by atoms with van der Waals surface area (Å²) in [6.07, 6.45) is 5.12. The van der Waals surface area contributed by atoms with E-state index in [1.807, 2.05) is 19.6 Å². The summed E-state index contributed by atoms with van der Waals surface area (Å²) < 4.78 is 5.44. The predicted molar refractivity (Wildman–Crippen MR) is 76.6 cm³/mol. The van der Waals surface area contributed by atoms with Crippen LogP contribution in [-0.4, -0.2) is 31.2 Å². The third-order valence-corrected chi connectivity index (χ3v) is 5.56. The lowest BCUT2D eigenvalue weighted by molar-refractivity contribution is -0.146. The van der Waals surface area contributed by atoms with E-state index in [-0.39, 0.29) is 16.9 Å². The Bertz CT molecular complexity index is 387. The highest BCUT2D eigenvalue weighted by molar-refractivity contribution is 6.87. The fraction of sp³-hybridized carbons (Fsp3) is 0.714. The van der Waals surface area contributed by atoms with Gasteiger partial charge in [0.2, 0.25) is 0 Å². The number of rotatable bonds is 4. The SMILES string of the molecule is CC(C(=O)OC1CCCCC1)=C(C(=O)O)[Si](C)(C)C. The first-order valence-electron chi connectivity index (χ1n) is 6.89. The standard InChI is InChI=1S/C14H24O4Si/c1-10(12(13(15)16)19(2,3)4)14(17)18-11-8-6-5-7-9-11/h11H,5-9H2,1-4H3,(H,15,16). The molecule has 19 heavy (non-hydrogen) atoms. The lowest BCUT2D eigenvalue weighted by Crippen LogP contribution is -2.33. The van der Waals surface area contributed by atoms with E-state index in [0.717, 1.165) is 25.7 Å². The van der Waals surface area contributed by atoms with Crippen molar-refractivity contribution in [1.82, 2.24) is 0 Å². The van der Waals surface area contributed by atoms with Crippen molar-refractivity contribution in [3.8, 4) is 0 Å². The van der Waals surface area contributed by atoms with Gasteiger partial charge in [-0.1, -0.05) is 26.1 Å². The Labute approximate surface area is 115 Å². The van der Waals surface area contributed by atoms with Gasteiger partial charge < -0.3 is 9.84 Å². The molecule has 0 aromatic rings. The van der Waals surface area contributed by atoms with Crippen LogP contribution in [0.1, 0.15) is 39.0 Å². The molecule has 0 aliphatic heterocycles. The molecule has 1 saturated carbocycles. The highest BCUT2D eigenvalue weighted by Crippen LogP contribution is 2.24. The van der Waals surface area contributed by atoms with Gasteiger partial charge in [-0.2, -0.15) is 0 Å². The van der Waals surface area contributed by atoms with Crippen LogP contribution in [0.5, 0.6) is 0 Å². The average Bonchev–Trinajstić information content (AvgIpc) is 2.27. The van der Waals surface area contributed by atoms with Crippen molar-refractivity contribution in [2.24, 2.45) is 0 Å². The summed E-state index contributed by atoms with van der Waals surface area (Å²) in [5, 5.41) is 9.57. The average molecular weight is 284 g/mol. The monoisotopic (exact) mass is 284 g/mol. The molecule has 0 aromatic heterocycles. The van der Waals surface area contributed by atoms with Gasteiger partial charge in [-0.15, -0.1) is 0 Å². The van der Waals surface area contributed by atoms with E-state index in [4.69, 9.17) is 4.74 Å². The number of carbonyl (C=O) groups is 2. The molecular formula is C14H24O4Si. The Balaban J connectivity index is 2.85. The normalized spacial score (nSPS) is 18.7. The molecule has 1 rings (SSSR count). The molecule has 1 N–H and O–H groups in total. The Kier molecular flexibility index (Phi) is 5.35. The van der Waals surface area contributed by atoms with Crippen LogP contribution in [0.4, 0.5) is 0 Å². The van der Waals surface area contributed by atoms with Crippen LogP contribution in [0.25, 0.3) is 0 Å². The third-order valence-electron chi connectivity index (χ3n) is 3.47. The number of carbonyl (C=O) groups excluding carboxylic acids is 1. The Morgan fingerprint density at radius 2 is 1.63 bits per heavy atom. The summed E-state index contributed by atoms with van der Waals surface area (Å²) in [5.74, 6) is -1.44. The van der Waals surface area contributed by atoms with Gasteiger partial charge in [0, 0.05) is 10.8 Å². The minimum Gasteiger partial charge on any atom is -0.478 e. The number of hydrogen-bond donors (Lipinski definition) is 1. The molecule has 108 valence electrons. The molecule has 4 nitrogen and oxygen atoms in total. The van der Waals surface area contributed by atoms with Crippen LogP contribution in [0.15, 0.2) is 10.8 Å². The minimum absolute atomic E-state index is 0.0344. The van der Waals surface area contributed by atoms with Crippen molar-refractivity contribution >= 4 is 20.0 Å². The number of esters is 1. The van der Waals surface area contributed by atoms with Gasteiger partial charge in [0.1, 0.15) is 6.10 Å². The molecule has 0 spiro atoms. The predicted octanol–water partition coefficient (Wildman–Crippen LogP) is 3.14. The van der Waals surface area contributed by atoms with E-state index in [0.29, 0.717) is 0 Å². The molecule has 5 heteroatoms. The van der Waals surface area contributed by atoms with E-state index in [1.165, 1.54) is 6.42 Å². The van der Waals surface area contributed by atoms with Crippen molar-refractivity contribution in [3.05, 3.63) is 10.8 Å². The van der Waals surface area contributed by atoms with Crippen molar-refractivity contribution in [2.45, 2.75) is 64.8 Å². The van der Waals surface area contributed by atoms with Gasteiger partial charge in [0.15, 0.2) is 0 Å². The van der Waals surface area contributed by atoms with Crippen molar-refractivity contribution in [3.63, 3.8) is 0 Å². The van der Waals surface area contributed by atoms with Crippen LogP contribution in [0, 0.1) is 0 Å². The molecule has 0 amide bonds. The van der Waals surface area contributed by atoms with Gasteiger partial charge in [-0.25, -0.2) is 9.59 Å². The number of hydrogen-bond acceptors (Lipinski definition) is 3. The number of aliphatic carboxylic acids is 1. The van der Waals surface area contributed by atoms with Crippen LogP contribution in [-0.2, 0) is 14.3 Å². The highest BCUT2D eigenvalue weighted by atomic mass is 28.3. The molecule has 0 atom stereocenters. The first kappa shape index (κ1) is 16.0. The first-order chi connectivity index (χ1) is 8.73. The lowest BCUT2D eigenvalue weighted by Gasteiger charge is -2.24. The summed E-state index contributed by atoms with van der Waals surface area (Å²) in [5.41, 5.74) is 0.275. The second-order valence-electron chi connectivity index (χ2n) is 6.22. The summed E-state index contributed by atoms with van der Waals surface area (Å²) >= 11 is 0. The van der Waals surface area contributed by atoms with Crippen molar-refractivity contribution < 1.29 is 19.4 Å². The molecule has 0 aromatic carbocycles. The molecular weight excluding hydrogens is 260 g/mol. The smallest absolute Gasteiger partial charge is 0.334 e. The number of carboxylic acid groups (broad SMARTS) is 1. The maximum absolute atomic E-state index is 12.1. The van der Waals surface area contributed by atoms with Gasteiger partial charge in [-0.05, 0) is 32.6 Å². The summed E-state index contributed by atoms with van der Waals surface area (Å²) in [4.78, 5) is 23.4. The van der Waals surface area contributed by atoms with Gasteiger partial charge in [0.25, 0.3) is 0 Å². The number of ether oxygens (including phenoxy) is 1. The zero-order chi connectivity index (χ0) is 14.6. The molecule has 1 aliphatic rings. The van der Waals surface area contributed by atoms with E-state index in [2.05, 4.69) is 0 Å². The van der Waals surface area contributed by atoms with E-state index >= 15 is 0 Å². The molecule has 0 radical (unpaired) electrons. The molecule has 0 saturated heterocycles. The number of carboxylic acids is 1. The van der Waals surface area contributed by atoms with Gasteiger partial charge >= 0.3 is 11.9 Å². The largest absolute Gasteiger partial charge is 0.478 e. The van der Waals surface area contributed by atoms with E-state index in [1.54, 1.807) is 6.92 Å². The molecule has 0 heterocycles. The molecule has 1 aliphatic carbocycles. The van der Waals surface area contributed by atoms with Crippen molar-refractivity contribution in [2.75, 3.05) is 0 Å². The topological polar surface area (TPSA) is 63.6 Å². The summed E-state index contributed by atoms with van der Waals surface area (Å²) in [6.45, 7) is 7.35. The van der Waals surface area contributed by atoms with Crippen LogP contribution in [0.3, 0.4) is 0 Å². The summed E-state index contributed by atoms with van der Waals surface area (Å²) in [6, 6.07) is 0. The lowest BCUT2D eigenvalue weighted by atomic mass is 9.98. The fourth-order valence-corrected chi connectivity index (χ4v) is 4.44. The van der Waals surface area contributed by atoms with Crippen LogP contribution in [0.2, 0.25) is 19.6 Å². The van der Waals surface area contributed by atoms with Crippen LogP contribution >= 0.6 is 0 Å². The molecule has 1 fully saturated rings. The maximum Gasteiger partial charge on any atom is 0.334 e. The first-order valence-corrected chi connectivity index (χ1v) is 10.4. The summed E-state index contributed by atoms with van der Waals surface area (Å²) in [7, 11) is -2.06. The molecule has 0 bridgehead atoms. The Morgan fingerprint density at radius 1 is 1.11 bits per heavy atom. The van der Waals surface area contributed by atoms with Gasteiger partial charge in [0.05, 0.1) is 8.07 Å². The zero-order valence-corrected chi connectivity index (χ0v) is 13.3. The fourth-order valence-electron chi connectivity index (χ4n) is 2.57.